The fourth-order valence-electron chi connectivity index (χ4n) is 1.24. The molecule has 1 heterocycles. The summed E-state index contributed by atoms with van der Waals surface area (Å²) in [5.74, 6) is -0.0430. The van der Waals surface area contributed by atoms with Crippen LogP contribution in [0.5, 0.6) is 5.75 Å². The first-order valence-corrected chi connectivity index (χ1v) is 3.86. The topological polar surface area (TPSA) is 49.3 Å². The summed E-state index contributed by atoms with van der Waals surface area (Å²) in [6.07, 6.45) is 0.320. The van der Waals surface area contributed by atoms with E-state index in [0.29, 0.717) is 12.1 Å². The zero-order chi connectivity index (χ0) is 8.72. The van der Waals surface area contributed by atoms with Crippen molar-refractivity contribution in [3.8, 4) is 5.75 Å². The number of fused-ring (bicyclic) bond motifs is 1. The van der Waals surface area contributed by atoms with Gasteiger partial charge in [0.2, 0.25) is 5.91 Å². The summed E-state index contributed by atoms with van der Waals surface area (Å²) in [5.41, 5.74) is 1.49. The van der Waals surface area contributed by atoms with Crippen LogP contribution < -0.4 is 5.32 Å². The minimum Gasteiger partial charge on any atom is -0.506 e. The molecule has 1 aromatic rings. The Kier molecular flexibility index (Phi) is 1.48. The molecule has 1 aliphatic rings. The predicted octanol–water partition coefficient (Wildman–Crippen LogP) is 1.54. The summed E-state index contributed by atoms with van der Waals surface area (Å²) < 4.78 is 0. The zero-order valence-electron chi connectivity index (χ0n) is 6.10. The maximum absolute atomic E-state index is 10.9. The van der Waals surface area contributed by atoms with E-state index in [2.05, 4.69) is 5.32 Å². The molecule has 0 aromatic heterocycles. The first-order chi connectivity index (χ1) is 5.66. The van der Waals surface area contributed by atoms with Crippen molar-refractivity contribution >= 4 is 23.2 Å². The summed E-state index contributed by atoms with van der Waals surface area (Å²) in [4.78, 5) is 10.9. The van der Waals surface area contributed by atoms with Crippen LogP contribution in [0.1, 0.15) is 5.56 Å². The second-order valence-electron chi connectivity index (χ2n) is 2.69. The smallest absolute Gasteiger partial charge is 0.228 e. The molecule has 3 nitrogen and oxygen atoms in total. The van der Waals surface area contributed by atoms with Gasteiger partial charge >= 0.3 is 0 Å². The molecule has 2 rings (SSSR count). The van der Waals surface area contributed by atoms with E-state index in [1.54, 1.807) is 6.07 Å². The van der Waals surface area contributed by atoms with Gasteiger partial charge in [0.15, 0.2) is 0 Å². The number of carbonyl (C=O) groups is 1. The number of anilines is 1. The molecule has 12 heavy (non-hydrogen) atoms. The van der Waals surface area contributed by atoms with Gasteiger partial charge in [0, 0.05) is 5.69 Å². The number of aromatic hydroxyl groups is 1. The molecule has 2 N–H and O–H groups in total. The van der Waals surface area contributed by atoms with E-state index in [0.717, 1.165) is 5.56 Å². The molecule has 0 saturated carbocycles. The highest BCUT2D eigenvalue weighted by Gasteiger charge is 2.18. The number of rotatable bonds is 0. The normalized spacial score (nSPS) is 14.2. The minimum atomic E-state index is -0.0633. The van der Waals surface area contributed by atoms with Crippen molar-refractivity contribution in [2.24, 2.45) is 0 Å². The van der Waals surface area contributed by atoms with Crippen molar-refractivity contribution in [3.05, 3.63) is 22.7 Å². The van der Waals surface area contributed by atoms with Gasteiger partial charge in [0.05, 0.1) is 11.4 Å². The molecular weight excluding hydrogens is 178 g/mol. The Labute approximate surface area is 74.0 Å². The van der Waals surface area contributed by atoms with Gasteiger partial charge in [-0.15, -0.1) is 0 Å². The lowest BCUT2D eigenvalue weighted by Gasteiger charge is -2.00. The van der Waals surface area contributed by atoms with E-state index in [4.69, 9.17) is 11.6 Å². The quantitative estimate of drug-likeness (QED) is 0.600. The fourth-order valence-corrected chi connectivity index (χ4v) is 1.40. The molecule has 1 aliphatic heterocycles. The lowest BCUT2D eigenvalue weighted by Crippen LogP contribution is -2.03. The third-order valence-corrected chi connectivity index (χ3v) is 2.10. The van der Waals surface area contributed by atoms with Crippen molar-refractivity contribution in [3.63, 3.8) is 0 Å². The van der Waals surface area contributed by atoms with Gasteiger partial charge in [0.1, 0.15) is 5.75 Å². The lowest BCUT2D eigenvalue weighted by atomic mass is 10.1. The molecular formula is C8H6ClNO2. The number of hydrogen-bond donors (Lipinski definition) is 2. The molecule has 1 aromatic carbocycles. The summed E-state index contributed by atoms with van der Waals surface area (Å²) >= 11 is 5.64. The van der Waals surface area contributed by atoms with Crippen molar-refractivity contribution < 1.29 is 9.90 Å². The molecule has 62 valence electrons. The number of amides is 1. The molecule has 0 saturated heterocycles. The van der Waals surface area contributed by atoms with Crippen molar-refractivity contribution in [2.45, 2.75) is 6.42 Å². The monoisotopic (exact) mass is 183 g/mol. The van der Waals surface area contributed by atoms with Crippen LogP contribution in [-0.4, -0.2) is 11.0 Å². The SMILES string of the molecule is O=C1Cc2cc(O)c(Cl)cc2N1. The largest absolute Gasteiger partial charge is 0.506 e. The Morgan fingerprint density at radius 2 is 2.25 bits per heavy atom. The van der Waals surface area contributed by atoms with Gasteiger partial charge < -0.3 is 10.4 Å². The van der Waals surface area contributed by atoms with Crippen LogP contribution in [0.3, 0.4) is 0 Å². The van der Waals surface area contributed by atoms with Crippen molar-refractivity contribution in [1.82, 2.24) is 0 Å². The number of benzene rings is 1. The third-order valence-electron chi connectivity index (χ3n) is 1.80. The molecule has 1 amide bonds. The number of carbonyl (C=O) groups excluding carboxylic acids is 1. The molecule has 0 unspecified atom stereocenters. The van der Waals surface area contributed by atoms with Crippen molar-refractivity contribution in [1.29, 1.82) is 0 Å². The molecule has 4 heteroatoms. The second-order valence-corrected chi connectivity index (χ2v) is 3.09. The molecule has 0 radical (unpaired) electrons. The van der Waals surface area contributed by atoms with Gasteiger partial charge in [-0.1, -0.05) is 11.6 Å². The highest BCUT2D eigenvalue weighted by atomic mass is 35.5. The van der Waals surface area contributed by atoms with E-state index in [1.807, 2.05) is 0 Å². The van der Waals surface area contributed by atoms with Gasteiger partial charge in [-0.3, -0.25) is 4.79 Å². The lowest BCUT2D eigenvalue weighted by molar-refractivity contribution is -0.115. The van der Waals surface area contributed by atoms with E-state index in [9.17, 15) is 9.90 Å². The molecule has 0 atom stereocenters. The van der Waals surface area contributed by atoms with E-state index in [-0.39, 0.29) is 16.7 Å². The second kappa shape index (κ2) is 2.38. The Bertz CT molecular complexity index is 329. The number of halogens is 1. The first kappa shape index (κ1) is 7.43. The number of hydrogen-bond acceptors (Lipinski definition) is 2. The Morgan fingerprint density at radius 1 is 1.50 bits per heavy atom. The average Bonchev–Trinajstić information content (AvgIpc) is 2.30. The summed E-state index contributed by atoms with van der Waals surface area (Å²) in [6.45, 7) is 0. The summed E-state index contributed by atoms with van der Waals surface area (Å²) in [5, 5.41) is 12.1. The standard InChI is InChI=1S/C8H6ClNO2/c9-5-3-6-4(1-7(5)11)2-8(12)10-6/h1,3,11H,2H2,(H,10,12). The molecule has 0 fully saturated rings. The maximum Gasteiger partial charge on any atom is 0.228 e. The molecule has 0 bridgehead atoms. The fraction of sp³-hybridized carbons (Fsp3) is 0.125. The third kappa shape index (κ3) is 1.02. The van der Waals surface area contributed by atoms with Gasteiger partial charge in [-0.05, 0) is 17.7 Å². The van der Waals surface area contributed by atoms with Gasteiger partial charge in [0.25, 0.3) is 0 Å². The van der Waals surface area contributed by atoms with Crippen LogP contribution in [-0.2, 0) is 11.2 Å². The highest BCUT2D eigenvalue weighted by Crippen LogP contribution is 2.33. The summed E-state index contributed by atoms with van der Waals surface area (Å²) in [7, 11) is 0. The molecule has 0 spiro atoms. The van der Waals surface area contributed by atoms with Crippen LogP contribution in [0.25, 0.3) is 0 Å². The Balaban J connectivity index is 2.55. The van der Waals surface area contributed by atoms with Crippen molar-refractivity contribution in [2.75, 3.05) is 5.32 Å². The zero-order valence-corrected chi connectivity index (χ0v) is 6.85. The summed E-state index contributed by atoms with van der Waals surface area (Å²) in [6, 6.07) is 3.06. The van der Waals surface area contributed by atoms with Crippen LogP contribution in [0.15, 0.2) is 12.1 Å². The van der Waals surface area contributed by atoms with E-state index >= 15 is 0 Å². The number of nitrogens with one attached hydrogen (secondary N) is 1. The van der Waals surface area contributed by atoms with E-state index < -0.39 is 0 Å². The van der Waals surface area contributed by atoms with Crippen LogP contribution in [0.4, 0.5) is 5.69 Å². The van der Waals surface area contributed by atoms with Crippen LogP contribution >= 0.6 is 11.6 Å². The minimum absolute atomic E-state index is 0.0203. The van der Waals surface area contributed by atoms with Gasteiger partial charge in [-0.2, -0.15) is 0 Å². The number of phenols is 1. The Morgan fingerprint density at radius 3 is 3.00 bits per heavy atom. The van der Waals surface area contributed by atoms with Crippen LogP contribution in [0, 0.1) is 0 Å². The predicted molar refractivity (Wildman–Crippen MR) is 45.5 cm³/mol. The Hall–Kier alpha value is -1.22. The number of phenolic OH excluding ortho intramolecular Hbond substituents is 1. The van der Waals surface area contributed by atoms with E-state index in [1.165, 1.54) is 6.07 Å². The average molecular weight is 184 g/mol. The maximum atomic E-state index is 10.9. The van der Waals surface area contributed by atoms with Gasteiger partial charge in [-0.25, -0.2) is 0 Å². The molecule has 0 aliphatic carbocycles. The van der Waals surface area contributed by atoms with Crippen LogP contribution in [0.2, 0.25) is 5.02 Å². The highest BCUT2D eigenvalue weighted by molar-refractivity contribution is 6.32. The first-order valence-electron chi connectivity index (χ1n) is 3.48.